The smallest absolute Gasteiger partial charge is 0.214 e. The Labute approximate surface area is 145 Å². The summed E-state index contributed by atoms with van der Waals surface area (Å²) in [5, 5.41) is 0.422. The lowest BCUT2D eigenvalue weighted by molar-refractivity contribution is 0.185. The highest BCUT2D eigenvalue weighted by atomic mass is 35.5. The molecule has 1 aliphatic rings. The number of rotatable bonds is 5. The molecular weight excluding hydrogens is 322 g/mol. The molecule has 1 aliphatic heterocycles. The highest BCUT2D eigenvalue weighted by molar-refractivity contribution is 6.29. The quantitative estimate of drug-likeness (QED) is 0.499. The second-order valence-corrected chi connectivity index (χ2v) is 6.20. The van der Waals surface area contributed by atoms with Crippen molar-refractivity contribution in [2.75, 3.05) is 13.2 Å². The largest absolute Gasteiger partial charge is 0.474 e. The van der Waals surface area contributed by atoms with Crippen molar-refractivity contribution in [3.63, 3.8) is 0 Å². The Kier molecular flexibility index (Phi) is 3.97. The van der Waals surface area contributed by atoms with E-state index in [1.807, 2.05) is 24.3 Å². The van der Waals surface area contributed by atoms with E-state index in [9.17, 15) is 0 Å². The summed E-state index contributed by atoms with van der Waals surface area (Å²) >= 11 is 5.88. The molecule has 4 heteroatoms. The van der Waals surface area contributed by atoms with E-state index in [1.165, 1.54) is 11.1 Å². The van der Waals surface area contributed by atoms with Crippen LogP contribution >= 0.6 is 11.6 Å². The maximum absolute atomic E-state index is 5.88. The lowest BCUT2D eigenvalue weighted by Crippen LogP contribution is -2.19. The molecule has 3 nitrogen and oxygen atoms in total. The summed E-state index contributed by atoms with van der Waals surface area (Å²) in [5.74, 6) is 0.512. The minimum atomic E-state index is -0.376. The summed E-state index contributed by atoms with van der Waals surface area (Å²) in [6.07, 6.45) is 0. The lowest BCUT2D eigenvalue weighted by Gasteiger charge is -2.14. The molecule has 0 radical (unpaired) electrons. The maximum atomic E-state index is 5.88. The second-order valence-electron chi connectivity index (χ2n) is 5.81. The fourth-order valence-electron chi connectivity index (χ4n) is 2.68. The van der Waals surface area contributed by atoms with E-state index in [0.717, 1.165) is 5.56 Å². The number of aromatic nitrogens is 1. The molecule has 0 spiro atoms. The summed E-state index contributed by atoms with van der Waals surface area (Å²) in [4.78, 5) is 4.14. The monoisotopic (exact) mass is 337 g/mol. The van der Waals surface area contributed by atoms with Crippen LogP contribution in [0.3, 0.4) is 0 Å². The average Bonchev–Trinajstić information content (AvgIpc) is 3.42. The number of benzene rings is 2. The first-order valence-corrected chi connectivity index (χ1v) is 8.18. The molecular formula is C20H16ClNO2. The van der Waals surface area contributed by atoms with Crippen molar-refractivity contribution in [2.24, 2.45) is 0 Å². The van der Waals surface area contributed by atoms with Gasteiger partial charge in [0.15, 0.2) is 5.60 Å². The molecule has 2 aromatic carbocycles. The molecule has 3 aromatic rings. The van der Waals surface area contributed by atoms with Crippen LogP contribution in [0.1, 0.15) is 5.56 Å². The normalized spacial score (nSPS) is 19.0. The van der Waals surface area contributed by atoms with E-state index in [2.05, 4.69) is 41.4 Å². The number of nitrogens with zero attached hydrogens (tertiary/aromatic N) is 1. The molecule has 0 bridgehead atoms. The predicted molar refractivity (Wildman–Crippen MR) is 94.3 cm³/mol. The number of halogens is 1. The summed E-state index contributed by atoms with van der Waals surface area (Å²) in [6, 6.07) is 24.1. The molecule has 0 N–H and O–H groups in total. The summed E-state index contributed by atoms with van der Waals surface area (Å²) in [7, 11) is 0. The van der Waals surface area contributed by atoms with Crippen LogP contribution in [-0.4, -0.2) is 18.2 Å². The van der Waals surface area contributed by atoms with Crippen LogP contribution < -0.4 is 4.74 Å². The predicted octanol–water partition coefficient (Wildman–Crippen LogP) is 4.71. The zero-order valence-electron chi connectivity index (χ0n) is 13.0. The van der Waals surface area contributed by atoms with Crippen LogP contribution in [0, 0.1) is 0 Å². The topological polar surface area (TPSA) is 34.6 Å². The first-order chi connectivity index (χ1) is 11.8. The maximum Gasteiger partial charge on any atom is 0.214 e. The van der Waals surface area contributed by atoms with Gasteiger partial charge in [0.2, 0.25) is 5.88 Å². The standard InChI is InChI=1S/C20H16ClNO2/c21-18-7-4-8-19(22-18)23-13-20(14-24-20)17-11-9-16(10-12-17)15-5-2-1-3-6-15/h1-12H,13-14H2. The third-order valence-corrected chi connectivity index (χ3v) is 4.36. The van der Waals surface area contributed by atoms with E-state index >= 15 is 0 Å². The Balaban J connectivity index is 1.49. The van der Waals surface area contributed by atoms with Gasteiger partial charge in [-0.25, -0.2) is 4.98 Å². The molecule has 1 unspecified atom stereocenters. The second kappa shape index (κ2) is 6.27. The van der Waals surface area contributed by atoms with Crippen LogP contribution in [-0.2, 0) is 10.3 Å². The Hall–Kier alpha value is -2.36. The first kappa shape index (κ1) is 15.2. The van der Waals surface area contributed by atoms with Gasteiger partial charge >= 0.3 is 0 Å². The molecule has 1 atom stereocenters. The highest BCUT2D eigenvalue weighted by Crippen LogP contribution is 2.39. The van der Waals surface area contributed by atoms with Crippen molar-refractivity contribution in [2.45, 2.75) is 5.60 Å². The molecule has 1 saturated heterocycles. The third-order valence-electron chi connectivity index (χ3n) is 4.15. The van der Waals surface area contributed by atoms with E-state index in [0.29, 0.717) is 24.2 Å². The van der Waals surface area contributed by atoms with Gasteiger partial charge in [0.1, 0.15) is 11.8 Å². The Morgan fingerprint density at radius 2 is 1.62 bits per heavy atom. The minimum absolute atomic E-state index is 0.376. The van der Waals surface area contributed by atoms with Gasteiger partial charge in [-0.05, 0) is 22.8 Å². The van der Waals surface area contributed by atoms with Crippen LogP contribution in [0.2, 0.25) is 5.15 Å². The molecule has 2 heterocycles. The Morgan fingerprint density at radius 3 is 2.29 bits per heavy atom. The number of epoxide rings is 1. The fourth-order valence-corrected chi connectivity index (χ4v) is 2.83. The van der Waals surface area contributed by atoms with Crippen LogP contribution in [0.15, 0.2) is 72.8 Å². The van der Waals surface area contributed by atoms with E-state index in [1.54, 1.807) is 12.1 Å². The van der Waals surface area contributed by atoms with Crippen LogP contribution in [0.5, 0.6) is 5.88 Å². The Morgan fingerprint density at radius 1 is 0.917 bits per heavy atom. The number of hydrogen-bond donors (Lipinski definition) is 0. The van der Waals surface area contributed by atoms with Crippen LogP contribution in [0.4, 0.5) is 0 Å². The number of pyridine rings is 1. The summed E-state index contributed by atoms with van der Waals surface area (Å²) < 4.78 is 11.5. The SMILES string of the molecule is Clc1cccc(OCC2(c3ccc(-c4ccccc4)cc3)CO2)n1. The Bertz CT molecular complexity index is 830. The third kappa shape index (κ3) is 3.14. The zero-order chi connectivity index (χ0) is 16.4. The minimum Gasteiger partial charge on any atom is -0.474 e. The average molecular weight is 338 g/mol. The van der Waals surface area contributed by atoms with Gasteiger partial charge in [-0.3, -0.25) is 0 Å². The van der Waals surface area contributed by atoms with E-state index in [4.69, 9.17) is 21.1 Å². The lowest BCUT2D eigenvalue weighted by atomic mass is 9.97. The molecule has 120 valence electrons. The molecule has 0 saturated carbocycles. The first-order valence-electron chi connectivity index (χ1n) is 7.80. The molecule has 1 fully saturated rings. The van der Waals surface area contributed by atoms with Crippen molar-refractivity contribution in [1.29, 1.82) is 0 Å². The van der Waals surface area contributed by atoms with Gasteiger partial charge in [-0.2, -0.15) is 0 Å². The summed E-state index contributed by atoms with van der Waals surface area (Å²) in [6.45, 7) is 1.07. The molecule has 24 heavy (non-hydrogen) atoms. The van der Waals surface area contributed by atoms with E-state index < -0.39 is 0 Å². The van der Waals surface area contributed by atoms with Crippen molar-refractivity contribution in [3.05, 3.63) is 83.5 Å². The van der Waals surface area contributed by atoms with Gasteiger partial charge in [-0.15, -0.1) is 0 Å². The fraction of sp³-hybridized carbons (Fsp3) is 0.150. The zero-order valence-corrected chi connectivity index (χ0v) is 13.7. The molecule has 0 amide bonds. The summed E-state index contributed by atoms with van der Waals surface area (Å²) in [5.41, 5.74) is 3.13. The van der Waals surface area contributed by atoms with Crippen molar-refractivity contribution in [1.82, 2.24) is 4.98 Å². The van der Waals surface area contributed by atoms with Gasteiger partial charge in [0.25, 0.3) is 0 Å². The van der Waals surface area contributed by atoms with E-state index in [-0.39, 0.29) is 5.60 Å². The van der Waals surface area contributed by atoms with Gasteiger partial charge in [0, 0.05) is 6.07 Å². The molecule has 1 aromatic heterocycles. The van der Waals surface area contributed by atoms with Crippen LogP contribution in [0.25, 0.3) is 11.1 Å². The molecule has 4 rings (SSSR count). The van der Waals surface area contributed by atoms with Gasteiger partial charge < -0.3 is 9.47 Å². The van der Waals surface area contributed by atoms with Crippen molar-refractivity contribution in [3.8, 4) is 17.0 Å². The van der Waals surface area contributed by atoms with Gasteiger partial charge in [0.05, 0.1) is 6.61 Å². The number of hydrogen-bond acceptors (Lipinski definition) is 3. The van der Waals surface area contributed by atoms with Crippen molar-refractivity contribution >= 4 is 11.6 Å². The highest BCUT2D eigenvalue weighted by Gasteiger charge is 2.47. The number of ether oxygens (including phenoxy) is 2. The van der Waals surface area contributed by atoms with Gasteiger partial charge in [-0.1, -0.05) is 72.3 Å². The molecule has 0 aliphatic carbocycles. The van der Waals surface area contributed by atoms with Crippen molar-refractivity contribution < 1.29 is 9.47 Å².